The Hall–Kier alpha value is -4.24. The van der Waals surface area contributed by atoms with Crippen LogP contribution in [0.1, 0.15) is 27.9 Å². The molecule has 4 aromatic heterocycles. The average molecular weight is 504 g/mol. The van der Waals surface area contributed by atoms with Crippen LogP contribution in [0.25, 0.3) is 44.8 Å². The van der Waals surface area contributed by atoms with Gasteiger partial charge in [-0.05, 0) is 45.9 Å². The van der Waals surface area contributed by atoms with Crippen LogP contribution in [-0.2, 0) is 18.1 Å². The van der Waals surface area contributed by atoms with Crippen LogP contribution >= 0.6 is 0 Å². The van der Waals surface area contributed by atoms with E-state index >= 15 is 0 Å². The number of imidazole rings is 1. The molecule has 0 saturated carbocycles. The number of fused-ring (bicyclic) bond motifs is 13. The summed E-state index contributed by atoms with van der Waals surface area (Å²) in [5, 5.41) is 0.790. The van der Waals surface area contributed by atoms with E-state index in [9.17, 15) is 0 Å². The summed E-state index contributed by atoms with van der Waals surface area (Å²) in [5.41, 5.74) is 14.9. The lowest BCUT2D eigenvalue weighted by atomic mass is 9.86. The number of hydrogen-bond acceptors (Lipinski definition) is 3. The highest BCUT2D eigenvalue weighted by Crippen LogP contribution is 2.40. The maximum absolute atomic E-state index is 4.89. The summed E-state index contributed by atoms with van der Waals surface area (Å²) in [6, 6.07) is 28.8. The van der Waals surface area contributed by atoms with Crippen LogP contribution in [-0.4, -0.2) is 40.0 Å². The van der Waals surface area contributed by atoms with Crippen LogP contribution in [0.4, 0.5) is 0 Å². The van der Waals surface area contributed by atoms with Gasteiger partial charge in [-0.3, -0.25) is 8.80 Å². The van der Waals surface area contributed by atoms with Crippen molar-refractivity contribution in [3.63, 3.8) is 0 Å². The predicted molar refractivity (Wildman–Crippen MR) is 152 cm³/mol. The summed E-state index contributed by atoms with van der Waals surface area (Å²) in [6.07, 6.45) is 7.16. The highest BCUT2D eigenvalue weighted by atomic mass is 27.0. The van der Waals surface area contributed by atoms with E-state index in [4.69, 9.17) is 15.0 Å². The van der Waals surface area contributed by atoms with Crippen molar-refractivity contribution in [1.29, 1.82) is 0 Å². The average Bonchev–Trinajstić information content (AvgIpc) is 3.56. The van der Waals surface area contributed by atoms with Crippen molar-refractivity contribution < 1.29 is 0 Å². The second-order valence-electron chi connectivity index (χ2n) is 9.88. The highest BCUT2D eigenvalue weighted by molar-refractivity contribution is 6.08. The molecule has 0 unspecified atom stereocenters. The van der Waals surface area contributed by atoms with Gasteiger partial charge >= 0.3 is 0 Å². The lowest BCUT2D eigenvalue weighted by Gasteiger charge is -2.19. The van der Waals surface area contributed by atoms with Gasteiger partial charge in [0, 0.05) is 36.3 Å². The van der Waals surface area contributed by atoms with Gasteiger partial charge < -0.3 is 0 Å². The van der Waals surface area contributed by atoms with Crippen LogP contribution in [0.3, 0.4) is 0 Å². The zero-order valence-corrected chi connectivity index (χ0v) is 21.8. The van der Waals surface area contributed by atoms with Gasteiger partial charge in [-0.1, -0.05) is 78.1 Å². The predicted octanol–water partition coefficient (Wildman–Crippen LogP) is 6.03. The summed E-state index contributed by atoms with van der Waals surface area (Å²) < 4.78 is 4.45. The molecule has 7 aromatic rings. The lowest BCUT2D eigenvalue weighted by Crippen LogP contribution is -2.06. The van der Waals surface area contributed by atoms with E-state index in [0.717, 1.165) is 46.3 Å². The van der Waals surface area contributed by atoms with Gasteiger partial charge in [0.2, 0.25) is 0 Å². The SMILES string of the molecule is [Al][CH2]c1cnc2c3cc4c(n3c3nccnc3n12)-c1ccccc1Cc1ccccc1-c1ccccc1C4. The molecule has 0 fully saturated rings. The first-order valence-electron chi connectivity index (χ1n) is 12.9. The van der Waals surface area contributed by atoms with Crippen molar-refractivity contribution in [3.05, 3.63) is 125 Å². The molecular weight excluding hydrogens is 481 g/mol. The number of hydrogen-bond donors (Lipinski definition) is 0. The van der Waals surface area contributed by atoms with Crippen LogP contribution < -0.4 is 0 Å². The van der Waals surface area contributed by atoms with Crippen molar-refractivity contribution in [2.45, 2.75) is 18.1 Å². The molecule has 6 heteroatoms. The fraction of sp³-hybridized carbons (Fsp3) is 0.0938. The van der Waals surface area contributed by atoms with Crippen LogP contribution in [0.5, 0.6) is 0 Å². The van der Waals surface area contributed by atoms with E-state index < -0.39 is 0 Å². The Labute approximate surface area is 227 Å². The Bertz CT molecular complexity index is 2030. The molecule has 4 heterocycles. The van der Waals surface area contributed by atoms with Gasteiger partial charge in [0.05, 0.1) is 11.2 Å². The Balaban J connectivity index is 1.56. The van der Waals surface area contributed by atoms with E-state index in [1.807, 2.05) is 6.20 Å². The van der Waals surface area contributed by atoms with E-state index in [1.165, 1.54) is 44.6 Å². The monoisotopic (exact) mass is 503 g/mol. The van der Waals surface area contributed by atoms with Gasteiger partial charge in [-0.15, -0.1) is 0 Å². The molecule has 178 valence electrons. The normalized spacial score (nSPS) is 12.7. The molecule has 0 spiro atoms. The number of nitrogens with zero attached hydrogens (tertiary/aromatic N) is 5. The third-order valence-electron chi connectivity index (χ3n) is 7.80. The second kappa shape index (κ2) is 8.39. The molecule has 0 N–H and O–H groups in total. The summed E-state index contributed by atoms with van der Waals surface area (Å²) in [7, 11) is 0. The topological polar surface area (TPSA) is 47.5 Å². The third kappa shape index (κ3) is 3.08. The fourth-order valence-corrected chi connectivity index (χ4v) is 6.44. The Morgan fingerprint density at radius 1 is 0.605 bits per heavy atom. The van der Waals surface area contributed by atoms with Gasteiger partial charge in [0.25, 0.3) is 0 Å². The number of benzene rings is 3. The Morgan fingerprint density at radius 2 is 1.16 bits per heavy atom. The lowest BCUT2D eigenvalue weighted by molar-refractivity contribution is 1.05. The molecule has 1 aliphatic rings. The summed E-state index contributed by atoms with van der Waals surface area (Å²) in [5.74, 6) is 0. The molecule has 5 nitrogen and oxygen atoms in total. The minimum Gasteiger partial charge on any atom is -0.287 e. The molecule has 8 rings (SSSR count). The van der Waals surface area contributed by atoms with Crippen molar-refractivity contribution >= 4 is 38.7 Å². The molecule has 1 aliphatic carbocycles. The summed E-state index contributed by atoms with van der Waals surface area (Å²) >= 11 is 2.82. The van der Waals surface area contributed by atoms with E-state index in [-0.39, 0.29) is 0 Å². The zero-order valence-electron chi connectivity index (χ0n) is 20.7. The minimum absolute atomic E-state index is 0.790. The standard InChI is InChI=1S/C32H22N5.Al/c1-20-19-35-30-28-18-24-17-22-9-3-6-12-26(22)25-11-5-2-8-21(25)16-23-10-4-7-13-27(23)29(24)37(28)32-31(36(20)30)33-14-15-34-32;/h2-15,18-19H,1,16-17H2;. The molecule has 2 radical (unpaired) electrons. The molecule has 38 heavy (non-hydrogen) atoms. The minimum atomic E-state index is 0.790. The van der Waals surface area contributed by atoms with Gasteiger partial charge in [-0.25, -0.2) is 15.0 Å². The molecule has 0 bridgehead atoms. The first-order chi connectivity index (χ1) is 18.8. The molecule has 0 aliphatic heterocycles. The maximum atomic E-state index is 4.89. The van der Waals surface area contributed by atoms with Crippen molar-refractivity contribution in [3.8, 4) is 22.4 Å². The van der Waals surface area contributed by atoms with Crippen molar-refractivity contribution in [2.75, 3.05) is 0 Å². The fourth-order valence-electron chi connectivity index (χ4n) is 6.15. The van der Waals surface area contributed by atoms with E-state index in [1.54, 1.807) is 12.4 Å². The Kier molecular flexibility index (Phi) is 4.82. The van der Waals surface area contributed by atoms with E-state index in [0.29, 0.717) is 0 Å². The summed E-state index contributed by atoms with van der Waals surface area (Å²) in [4.78, 5) is 14.6. The van der Waals surface area contributed by atoms with Crippen molar-refractivity contribution in [1.82, 2.24) is 23.8 Å². The quantitative estimate of drug-likeness (QED) is 0.257. The van der Waals surface area contributed by atoms with Crippen LogP contribution in [0.2, 0.25) is 0 Å². The number of rotatable bonds is 1. The largest absolute Gasteiger partial charge is 0.287 e. The molecule has 3 aromatic carbocycles. The van der Waals surface area contributed by atoms with Gasteiger partial charge in [0.1, 0.15) is 16.3 Å². The third-order valence-corrected chi connectivity index (χ3v) is 8.21. The van der Waals surface area contributed by atoms with Crippen LogP contribution in [0.15, 0.2) is 97.5 Å². The summed E-state index contributed by atoms with van der Waals surface area (Å²) in [6.45, 7) is 0. The number of aromatic nitrogens is 5. The maximum Gasteiger partial charge on any atom is 0.182 e. The molecule has 0 amide bonds. The highest BCUT2D eigenvalue weighted by Gasteiger charge is 2.24. The smallest absolute Gasteiger partial charge is 0.182 e. The Morgan fingerprint density at radius 3 is 1.82 bits per heavy atom. The molecule has 0 saturated heterocycles. The first-order valence-corrected chi connectivity index (χ1v) is 13.7. The van der Waals surface area contributed by atoms with Gasteiger partial charge in [0.15, 0.2) is 16.9 Å². The molecular formula is C32H22AlN5. The first kappa shape index (κ1) is 21.8. The van der Waals surface area contributed by atoms with Gasteiger partial charge in [-0.2, -0.15) is 0 Å². The zero-order chi connectivity index (χ0) is 25.2. The van der Waals surface area contributed by atoms with E-state index in [2.05, 4.69) is 104 Å². The van der Waals surface area contributed by atoms with Crippen LogP contribution in [0, 0.1) is 0 Å². The molecule has 0 atom stereocenters. The van der Waals surface area contributed by atoms with Crippen molar-refractivity contribution in [2.24, 2.45) is 0 Å². The second-order valence-corrected chi connectivity index (χ2v) is 10.3.